The number of anilines is 2. The number of rotatable bonds is 5. The fourth-order valence-corrected chi connectivity index (χ4v) is 2.48. The molecule has 1 saturated heterocycles. The quantitative estimate of drug-likeness (QED) is 0.809. The first-order chi connectivity index (χ1) is 9.69. The van der Waals surface area contributed by atoms with Gasteiger partial charge in [-0.3, -0.25) is 4.79 Å². The lowest BCUT2D eigenvalue weighted by Gasteiger charge is -2.26. The number of methoxy groups -OCH3 is 1. The SMILES string of the molecule is COc1ccc(N)cc1NC(=O)CCN1CCCCC1. The van der Waals surface area contributed by atoms with E-state index in [1.165, 1.54) is 19.3 Å². The highest BCUT2D eigenvalue weighted by Crippen LogP contribution is 2.26. The van der Waals surface area contributed by atoms with Gasteiger partial charge < -0.3 is 20.7 Å². The van der Waals surface area contributed by atoms with E-state index in [1.807, 2.05) is 0 Å². The first-order valence-corrected chi connectivity index (χ1v) is 7.15. The molecular weight excluding hydrogens is 254 g/mol. The summed E-state index contributed by atoms with van der Waals surface area (Å²) < 4.78 is 5.21. The molecule has 0 aliphatic carbocycles. The average Bonchev–Trinajstić information content (AvgIpc) is 2.46. The molecule has 1 aromatic rings. The van der Waals surface area contributed by atoms with Crippen LogP contribution in [0.15, 0.2) is 18.2 Å². The molecule has 1 amide bonds. The molecule has 0 saturated carbocycles. The second-order valence-corrected chi connectivity index (χ2v) is 5.16. The Morgan fingerprint density at radius 3 is 2.80 bits per heavy atom. The smallest absolute Gasteiger partial charge is 0.225 e. The Kier molecular flexibility index (Phi) is 5.24. The average molecular weight is 277 g/mol. The Balaban J connectivity index is 1.86. The third-order valence-electron chi connectivity index (χ3n) is 3.60. The maximum absolute atomic E-state index is 12.0. The van der Waals surface area contributed by atoms with Crippen molar-refractivity contribution in [3.05, 3.63) is 18.2 Å². The summed E-state index contributed by atoms with van der Waals surface area (Å²) in [7, 11) is 1.58. The van der Waals surface area contributed by atoms with Crippen molar-refractivity contribution in [2.24, 2.45) is 0 Å². The fraction of sp³-hybridized carbons (Fsp3) is 0.533. The highest BCUT2D eigenvalue weighted by atomic mass is 16.5. The minimum absolute atomic E-state index is 0.000488. The maximum Gasteiger partial charge on any atom is 0.225 e. The normalized spacial score (nSPS) is 15.8. The highest BCUT2D eigenvalue weighted by Gasteiger charge is 2.13. The number of nitrogen functional groups attached to an aromatic ring is 1. The number of nitrogens with two attached hydrogens (primary N) is 1. The van der Waals surface area contributed by atoms with Gasteiger partial charge >= 0.3 is 0 Å². The molecule has 0 aromatic heterocycles. The summed E-state index contributed by atoms with van der Waals surface area (Å²) >= 11 is 0. The van der Waals surface area contributed by atoms with Gasteiger partial charge in [0.1, 0.15) is 5.75 Å². The number of nitrogens with zero attached hydrogens (tertiary/aromatic N) is 1. The summed E-state index contributed by atoms with van der Waals surface area (Å²) in [5.41, 5.74) is 6.98. The van der Waals surface area contributed by atoms with Crippen LogP contribution in [-0.4, -0.2) is 37.6 Å². The van der Waals surface area contributed by atoms with Gasteiger partial charge in [0.2, 0.25) is 5.91 Å². The second kappa shape index (κ2) is 7.14. The van der Waals surface area contributed by atoms with E-state index in [-0.39, 0.29) is 5.91 Å². The number of benzene rings is 1. The zero-order valence-corrected chi connectivity index (χ0v) is 12.0. The number of nitrogens with one attached hydrogen (secondary N) is 1. The lowest BCUT2D eigenvalue weighted by atomic mass is 10.1. The maximum atomic E-state index is 12.0. The monoisotopic (exact) mass is 277 g/mol. The predicted molar refractivity (Wildman–Crippen MR) is 80.9 cm³/mol. The molecule has 3 N–H and O–H groups in total. The molecule has 1 fully saturated rings. The molecule has 0 unspecified atom stereocenters. The molecule has 1 aromatic carbocycles. The third-order valence-corrected chi connectivity index (χ3v) is 3.60. The predicted octanol–water partition coefficient (Wildman–Crippen LogP) is 2.09. The molecule has 5 nitrogen and oxygen atoms in total. The van der Waals surface area contributed by atoms with Crippen LogP contribution in [0.5, 0.6) is 5.75 Å². The summed E-state index contributed by atoms with van der Waals surface area (Å²) in [5, 5.41) is 2.87. The number of carbonyl (C=O) groups is 1. The number of amides is 1. The van der Waals surface area contributed by atoms with Crippen LogP contribution >= 0.6 is 0 Å². The van der Waals surface area contributed by atoms with Gasteiger partial charge in [0.15, 0.2) is 0 Å². The van der Waals surface area contributed by atoms with Gasteiger partial charge in [-0.25, -0.2) is 0 Å². The third kappa shape index (κ3) is 4.13. The first kappa shape index (κ1) is 14.7. The zero-order valence-electron chi connectivity index (χ0n) is 12.0. The minimum atomic E-state index is -0.000488. The Labute approximate surface area is 120 Å². The molecule has 1 heterocycles. The van der Waals surface area contributed by atoms with Crippen molar-refractivity contribution in [1.29, 1.82) is 0 Å². The minimum Gasteiger partial charge on any atom is -0.495 e. The highest BCUT2D eigenvalue weighted by molar-refractivity contribution is 5.93. The van der Waals surface area contributed by atoms with E-state index in [9.17, 15) is 4.79 Å². The van der Waals surface area contributed by atoms with Crippen LogP contribution < -0.4 is 15.8 Å². The second-order valence-electron chi connectivity index (χ2n) is 5.16. The molecule has 0 radical (unpaired) electrons. The van der Waals surface area contributed by atoms with Gasteiger partial charge in [-0.15, -0.1) is 0 Å². The van der Waals surface area contributed by atoms with Crippen molar-refractivity contribution in [2.75, 3.05) is 37.8 Å². The van der Waals surface area contributed by atoms with Gasteiger partial charge in [-0.05, 0) is 44.1 Å². The van der Waals surface area contributed by atoms with Crippen LogP contribution in [0.4, 0.5) is 11.4 Å². The van der Waals surface area contributed by atoms with Gasteiger partial charge in [-0.2, -0.15) is 0 Å². The summed E-state index contributed by atoms with van der Waals surface area (Å²) in [6, 6.07) is 5.23. The number of hydrogen-bond donors (Lipinski definition) is 2. The van der Waals surface area contributed by atoms with E-state index < -0.39 is 0 Å². The molecule has 1 aliphatic heterocycles. The number of likely N-dealkylation sites (tertiary alicyclic amines) is 1. The number of hydrogen-bond acceptors (Lipinski definition) is 4. The van der Waals surface area contributed by atoms with Crippen LogP contribution in [0.3, 0.4) is 0 Å². The molecule has 20 heavy (non-hydrogen) atoms. The van der Waals surface area contributed by atoms with Crippen molar-refractivity contribution >= 4 is 17.3 Å². The van der Waals surface area contributed by atoms with Crippen LogP contribution in [0, 0.1) is 0 Å². The first-order valence-electron chi connectivity index (χ1n) is 7.15. The summed E-state index contributed by atoms with van der Waals surface area (Å²) in [6.45, 7) is 3.03. The van der Waals surface area contributed by atoms with E-state index in [2.05, 4.69) is 10.2 Å². The van der Waals surface area contributed by atoms with E-state index in [4.69, 9.17) is 10.5 Å². The largest absolute Gasteiger partial charge is 0.495 e. The molecule has 5 heteroatoms. The number of carbonyl (C=O) groups excluding carboxylic acids is 1. The Morgan fingerprint density at radius 2 is 2.10 bits per heavy atom. The number of piperidine rings is 1. The van der Waals surface area contributed by atoms with Gasteiger partial charge in [0, 0.05) is 18.7 Å². The van der Waals surface area contributed by atoms with Crippen molar-refractivity contribution in [1.82, 2.24) is 4.90 Å². The lowest BCUT2D eigenvalue weighted by molar-refractivity contribution is -0.116. The Bertz CT molecular complexity index is 456. The van der Waals surface area contributed by atoms with Crippen molar-refractivity contribution in [3.63, 3.8) is 0 Å². The van der Waals surface area contributed by atoms with Gasteiger partial charge in [-0.1, -0.05) is 6.42 Å². The van der Waals surface area contributed by atoms with Crippen LogP contribution in [0.2, 0.25) is 0 Å². The molecular formula is C15H23N3O2. The van der Waals surface area contributed by atoms with E-state index in [0.717, 1.165) is 19.6 Å². The summed E-state index contributed by atoms with van der Waals surface area (Å²) in [4.78, 5) is 14.3. The van der Waals surface area contributed by atoms with Crippen LogP contribution in [0.1, 0.15) is 25.7 Å². The molecule has 1 aliphatic rings. The molecule has 110 valence electrons. The van der Waals surface area contributed by atoms with Crippen LogP contribution in [0.25, 0.3) is 0 Å². The molecule has 0 atom stereocenters. The van der Waals surface area contributed by atoms with Crippen molar-refractivity contribution in [3.8, 4) is 5.75 Å². The molecule has 2 rings (SSSR count). The van der Waals surface area contributed by atoms with Gasteiger partial charge in [0.25, 0.3) is 0 Å². The topological polar surface area (TPSA) is 67.6 Å². The standard InChI is InChI=1S/C15H23N3O2/c1-20-14-6-5-12(16)11-13(14)17-15(19)7-10-18-8-3-2-4-9-18/h5-6,11H,2-4,7-10,16H2,1H3,(H,17,19). The summed E-state index contributed by atoms with van der Waals surface area (Å²) in [6.07, 6.45) is 4.29. The summed E-state index contributed by atoms with van der Waals surface area (Å²) in [5.74, 6) is 0.630. The Morgan fingerprint density at radius 1 is 1.35 bits per heavy atom. The van der Waals surface area contributed by atoms with Gasteiger partial charge in [0.05, 0.1) is 12.8 Å². The van der Waals surface area contributed by atoms with Crippen LogP contribution in [-0.2, 0) is 4.79 Å². The zero-order chi connectivity index (χ0) is 14.4. The molecule has 0 spiro atoms. The Hall–Kier alpha value is -1.75. The molecule has 0 bridgehead atoms. The lowest BCUT2D eigenvalue weighted by Crippen LogP contribution is -2.32. The van der Waals surface area contributed by atoms with E-state index in [1.54, 1.807) is 25.3 Å². The van der Waals surface area contributed by atoms with E-state index >= 15 is 0 Å². The van der Waals surface area contributed by atoms with E-state index in [0.29, 0.717) is 23.5 Å². The fourth-order valence-electron chi connectivity index (χ4n) is 2.48. The van der Waals surface area contributed by atoms with Crippen molar-refractivity contribution in [2.45, 2.75) is 25.7 Å². The van der Waals surface area contributed by atoms with Crippen molar-refractivity contribution < 1.29 is 9.53 Å². The number of ether oxygens (including phenoxy) is 1.